The molecule has 2 N–H and O–H groups in total. The summed E-state index contributed by atoms with van der Waals surface area (Å²) in [6.45, 7) is 8.62. The smallest absolute Gasteiger partial charge is 0.383 e. The molecule has 6 heavy (non-hydrogen) atoms. The fourth-order valence-electron chi connectivity index (χ4n) is 0. The third-order valence-corrected chi connectivity index (χ3v) is 0. The van der Waals surface area contributed by atoms with E-state index in [0.29, 0.717) is 0 Å². The summed E-state index contributed by atoms with van der Waals surface area (Å²) in [6.07, 6.45) is 0. The summed E-state index contributed by atoms with van der Waals surface area (Å²) in [6, 6.07) is 0. The number of rotatable bonds is 0. The summed E-state index contributed by atoms with van der Waals surface area (Å²) in [7, 11) is 0. The van der Waals surface area contributed by atoms with E-state index < -0.39 is 5.54 Å². The first-order chi connectivity index (χ1) is 2.00. The molecular formula is C4H9NW. The zero-order valence-electron chi connectivity index (χ0n) is 3.90. The third-order valence-electron chi connectivity index (χ3n) is 0. The van der Waals surface area contributed by atoms with Crippen molar-refractivity contribution in [3.8, 4) is 0 Å². The van der Waals surface area contributed by atoms with Crippen molar-refractivity contribution in [3.05, 3.63) is 13.8 Å². The molecule has 0 rings (SSSR count). The van der Waals surface area contributed by atoms with Crippen LogP contribution in [0.3, 0.4) is 0 Å². The van der Waals surface area contributed by atoms with Crippen molar-refractivity contribution in [2.24, 2.45) is 5.73 Å². The van der Waals surface area contributed by atoms with Gasteiger partial charge in [0, 0.05) is 0 Å². The van der Waals surface area contributed by atoms with Crippen molar-refractivity contribution in [3.63, 3.8) is 0 Å². The van der Waals surface area contributed by atoms with E-state index >= 15 is 0 Å². The number of hydrogen-bond donors (Lipinski definition) is 1. The predicted octanol–water partition coefficient (Wildman–Crippen LogP) is 0.369. The fraction of sp³-hybridized carbons (Fsp3) is 0.500. The standard InChI is InChI=1S/C4H9N.W/c1-4(2,3)5;/h1-2,5H2,3H3;/q-2;+2. The number of hydrogen-bond acceptors (Lipinski definition) is 1. The molecular weight excluding hydrogens is 246 g/mol. The Labute approximate surface area is 53.6 Å². The Kier molecular flexibility index (Phi) is 4.52. The van der Waals surface area contributed by atoms with Gasteiger partial charge in [-0.25, -0.2) is 5.54 Å². The van der Waals surface area contributed by atoms with Crippen LogP contribution in [0.2, 0.25) is 0 Å². The van der Waals surface area contributed by atoms with Crippen LogP contribution in [0.1, 0.15) is 6.92 Å². The molecule has 0 aliphatic carbocycles. The van der Waals surface area contributed by atoms with Gasteiger partial charge in [-0.1, -0.05) is 0 Å². The van der Waals surface area contributed by atoms with Gasteiger partial charge in [-0.2, -0.15) is 0 Å². The molecule has 0 fully saturated rings. The quantitative estimate of drug-likeness (QED) is 0.622. The monoisotopic (exact) mass is 255 g/mol. The minimum Gasteiger partial charge on any atom is -0.383 e. The molecule has 0 spiro atoms. The molecule has 2 heteroatoms. The van der Waals surface area contributed by atoms with Crippen LogP contribution in [-0.2, 0) is 21.1 Å². The molecule has 0 atom stereocenters. The molecule has 0 heterocycles. The summed E-state index contributed by atoms with van der Waals surface area (Å²) >= 11 is 0. The van der Waals surface area contributed by atoms with E-state index in [2.05, 4.69) is 13.8 Å². The molecule has 0 aromatic carbocycles. The topological polar surface area (TPSA) is 26.0 Å². The predicted molar refractivity (Wildman–Crippen MR) is 23.3 cm³/mol. The van der Waals surface area contributed by atoms with E-state index in [4.69, 9.17) is 5.73 Å². The first kappa shape index (κ1) is 9.82. The molecule has 0 saturated carbocycles. The molecule has 0 unspecified atom stereocenters. The summed E-state index contributed by atoms with van der Waals surface area (Å²) in [5.74, 6) is 0. The molecule has 0 amide bonds. The van der Waals surface area contributed by atoms with E-state index in [1.807, 2.05) is 0 Å². The van der Waals surface area contributed by atoms with Crippen LogP contribution >= 0.6 is 0 Å². The third kappa shape index (κ3) is 147. The summed E-state index contributed by atoms with van der Waals surface area (Å²) in [5.41, 5.74) is 4.63. The molecule has 0 aliphatic heterocycles. The molecule has 0 bridgehead atoms. The van der Waals surface area contributed by atoms with E-state index in [0.717, 1.165) is 0 Å². The van der Waals surface area contributed by atoms with Crippen LogP contribution < -0.4 is 5.73 Å². The second-order valence-corrected chi connectivity index (χ2v) is 1.65. The van der Waals surface area contributed by atoms with Crippen molar-refractivity contribution < 1.29 is 21.1 Å². The van der Waals surface area contributed by atoms with Gasteiger partial charge >= 0.3 is 21.1 Å². The maximum Gasteiger partial charge on any atom is 2.00 e. The maximum absolute atomic E-state index is 5.13. The second kappa shape index (κ2) is 2.76. The van der Waals surface area contributed by atoms with Crippen molar-refractivity contribution in [2.75, 3.05) is 0 Å². The van der Waals surface area contributed by atoms with Crippen LogP contribution in [0.4, 0.5) is 0 Å². The van der Waals surface area contributed by atoms with Gasteiger partial charge in [-0.15, -0.1) is 6.92 Å². The Hall–Kier alpha value is 0.648. The van der Waals surface area contributed by atoms with Gasteiger partial charge in [-0.05, 0) is 0 Å². The second-order valence-electron chi connectivity index (χ2n) is 1.65. The van der Waals surface area contributed by atoms with Gasteiger partial charge < -0.3 is 19.6 Å². The van der Waals surface area contributed by atoms with Crippen molar-refractivity contribution in [1.29, 1.82) is 0 Å². The molecule has 0 radical (unpaired) electrons. The Morgan fingerprint density at radius 2 is 1.50 bits per heavy atom. The van der Waals surface area contributed by atoms with E-state index in [1.165, 1.54) is 0 Å². The first-order valence-corrected chi connectivity index (χ1v) is 1.50. The Morgan fingerprint density at radius 3 is 1.50 bits per heavy atom. The first-order valence-electron chi connectivity index (χ1n) is 1.50. The summed E-state index contributed by atoms with van der Waals surface area (Å²) < 4.78 is 0. The Morgan fingerprint density at radius 1 is 1.50 bits per heavy atom. The average molecular weight is 255 g/mol. The zero-order valence-corrected chi connectivity index (χ0v) is 6.83. The van der Waals surface area contributed by atoms with Gasteiger partial charge in [-0.3, -0.25) is 0 Å². The van der Waals surface area contributed by atoms with Gasteiger partial charge in [0.15, 0.2) is 0 Å². The van der Waals surface area contributed by atoms with Gasteiger partial charge in [0.25, 0.3) is 0 Å². The van der Waals surface area contributed by atoms with Crippen LogP contribution in [-0.4, -0.2) is 5.54 Å². The van der Waals surface area contributed by atoms with E-state index in [-0.39, 0.29) is 21.1 Å². The number of nitrogens with two attached hydrogens (primary N) is 1. The summed E-state index contributed by atoms with van der Waals surface area (Å²) in [5, 5.41) is 0. The Bertz CT molecular complexity index is 23.0. The largest absolute Gasteiger partial charge is 2.00 e. The SMILES string of the molecule is [CH2-]C([CH2-])(C)N.[W+2]. The van der Waals surface area contributed by atoms with Crippen molar-refractivity contribution in [1.82, 2.24) is 0 Å². The van der Waals surface area contributed by atoms with Crippen LogP contribution in [0.5, 0.6) is 0 Å². The van der Waals surface area contributed by atoms with Crippen molar-refractivity contribution in [2.45, 2.75) is 12.5 Å². The molecule has 0 aromatic rings. The normalized spacial score (nSPS) is 10.0. The van der Waals surface area contributed by atoms with Gasteiger partial charge in [0.1, 0.15) is 0 Å². The van der Waals surface area contributed by atoms with Gasteiger partial charge in [0.2, 0.25) is 0 Å². The minimum absolute atomic E-state index is 0. The van der Waals surface area contributed by atoms with E-state index in [1.54, 1.807) is 6.92 Å². The molecule has 1 nitrogen and oxygen atoms in total. The average Bonchev–Trinajstić information content (AvgIpc) is 0.722. The zero-order chi connectivity index (χ0) is 4.50. The van der Waals surface area contributed by atoms with Gasteiger partial charge in [0.05, 0.1) is 0 Å². The van der Waals surface area contributed by atoms with E-state index in [9.17, 15) is 0 Å². The molecule has 0 saturated heterocycles. The molecule has 36 valence electrons. The minimum atomic E-state index is -0.500. The van der Waals surface area contributed by atoms with Crippen LogP contribution in [0.25, 0.3) is 0 Å². The maximum atomic E-state index is 5.13. The molecule has 0 aromatic heterocycles. The fourth-order valence-corrected chi connectivity index (χ4v) is 0. The molecule has 0 aliphatic rings. The Balaban J connectivity index is 0. The van der Waals surface area contributed by atoms with Crippen LogP contribution in [0, 0.1) is 13.8 Å². The van der Waals surface area contributed by atoms with Crippen molar-refractivity contribution >= 4 is 0 Å². The van der Waals surface area contributed by atoms with Crippen LogP contribution in [0.15, 0.2) is 0 Å². The summed E-state index contributed by atoms with van der Waals surface area (Å²) in [4.78, 5) is 0.